The molecule has 0 fully saturated rings. The molecule has 0 aromatic heterocycles. The Balaban J connectivity index is 0.00000112. The molecular formula is C13H16Cl2Ti. The molecule has 0 saturated heterocycles. The van der Waals surface area contributed by atoms with Gasteiger partial charge in [-0.15, -0.1) is 0 Å². The van der Waals surface area contributed by atoms with Crippen molar-refractivity contribution in [2.24, 2.45) is 0 Å². The molecule has 3 heteroatoms. The van der Waals surface area contributed by atoms with Crippen molar-refractivity contribution in [1.29, 1.82) is 0 Å². The molecule has 0 radical (unpaired) electrons. The van der Waals surface area contributed by atoms with E-state index in [9.17, 15) is 0 Å². The second-order valence-corrected chi connectivity index (χ2v) is 8.76. The van der Waals surface area contributed by atoms with Gasteiger partial charge in [0, 0.05) is 0 Å². The van der Waals surface area contributed by atoms with Crippen LogP contribution in [0.15, 0.2) is 44.2 Å². The summed E-state index contributed by atoms with van der Waals surface area (Å²) in [6, 6.07) is 0. The minimum Gasteiger partial charge on any atom is -1.00 e. The van der Waals surface area contributed by atoms with E-state index < -0.39 is 17.4 Å². The zero-order chi connectivity index (χ0) is 9.97. The fraction of sp³-hybridized carbons (Fsp3) is 0.308. The van der Waals surface area contributed by atoms with Crippen LogP contribution in [0.3, 0.4) is 0 Å². The van der Waals surface area contributed by atoms with Gasteiger partial charge < -0.3 is 24.8 Å². The molecule has 0 bridgehead atoms. The van der Waals surface area contributed by atoms with Crippen molar-refractivity contribution in [2.75, 3.05) is 0 Å². The summed E-state index contributed by atoms with van der Waals surface area (Å²) in [5, 5.41) is 0. The van der Waals surface area contributed by atoms with Crippen molar-refractivity contribution in [3.05, 3.63) is 44.2 Å². The van der Waals surface area contributed by atoms with Crippen LogP contribution >= 0.6 is 0 Å². The molecule has 86 valence electrons. The molecule has 0 aromatic carbocycles. The average Bonchev–Trinajstić information content (AvgIpc) is 2.75. The molecule has 2 aliphatic carbocycles. The van der Waals surface area contributed by atoms with Gasteiger partial charge in [0.1, 0.15) is 0 Å². The predicted molar refractivity (Wildman–Crippen MR) is 60.0 cm³/mol. The largest absolute Gasteiger partial charge is 1.00 e. The first kappa shape index (κ1) is 16.1. The first-order valence-electron chi connectivity index (χ1n) is 5.18. The van der Waals surface area contributed by atoms with Gasteiger partial charge in [0.05, 0.1) is 0 Å². The molecule has 0 unspecified atom stereocenters. The monoisotopic (exact) mass is 290 g/mol. The summed E-state index contributed by atoms with van der Waals surface area (Å²) in [6.45, 7) is 4.63. The van der Waals surface area contributed by atoms with Gasteiger partial charge in [-0.05, 0) is 0 Å². The van der Waals surface area contributed by atoms with Gasteiger partial charge in [-0.2, -0.15) is 0 Å². The molecule has 0 atom stereocenters. The Morgan fingerprint density at radius 3 is 1.62 bits per heavy atom. The molecule has 0 aromatic rings. The van der Waals surface area contributed by atoms with Crippen LogP contribution in [-0.2, 0) is 17.4 Å². The first-order chi connectivity index (χ1) is 6.79. The van der Waals surface area contributed by atoms with E-state index in [0.29, 0.717) is 0 Å². The molecule has 0 N–H and O–H groups in total. The van der Waals surface area contributed by atoms with Gasteiger partial charge in [-0.3, -0.25) is 0 Å². The van der Waals surface area contributed by atoms with Crippen LogP contribution in [-0.4, -0.2) is 3.81 Å². The summed E-state index contributed by atoms with van der Waals surface area (Å²) in [5.74, 6) is 0. The molecule has 0 spiro atoms. The molecule has 2 rings (SSSR count). The number of halogens is 2. The first-order valence-corrected chi connectivity index (χ1v) is 7.53. The summed E-state index contributed by atoms with van der Waals surface area (Å²) < 4.78 is 5.12. The summed E-state index contributed by atoms with van der Waals surface area (Å²) in [4.78, 5) is 0. The van der Waals surface area contributed by atoms with Crippen molar-refractivity contribution in [2.45, 2.75) is 26.7 Å². The van der Waals surface area contributed by atoms with Crippen LogP contribution in [0.5, 0.6) is 0 Å². The third kappa shape index (κ3) is 3.56. The Kier molecular flexibility index (Phi) is 7.51. The minimum atomic E-state index is -1.19. The third-order valence-corrected chi connectivity index (χ3v) is 7.41. The summed E-state index contributed by atoms with van der Waals surface area (Å²) >= 11 is -1.19. The van der Waals surface area contributed by atoms with Crippen LogP contribution in [0, 0.1) is 0 Å². The maximum absolute atomic E-state index is 2.35. The fourth-order valence-corrected chi connectivity index (χ4v) is 6.59. The summed E-state index contributed by atoms with van der Waals surface area (Å²) in [7, 11) is 0. The molecule has 2 aliphatic rings. The molecule has 16 heavy (non-hydrogen) atoms. The van der Waals surface area contributed by atoms with Gasteiger partial charge >= 0.3 is 92.1 Å². The normalized spacial score (nSPS) is 15.6. The van der Waals surface area contributed by atoms with Crippen LogP contribution in [0.25, 0.3) is 0 Å². The maximum atomic E-state index is 2.35. The van der Waals surface area contributed by atoms with Gasteiger partial charge in [0.25, 0.3) is 0 Å². The second kappa shape index (κ2) is 7.45. The minimum absolute atomic E-state index is 0. The Morgan fingerprint density at radius 2 is 1.38 bits per heavy atom. The second-order valence-electron chi connectivity index (χ2n) is 4.02. The van der Waals surface area contributed by atoms with E-state index in [1.54, 1.807) is 11.6 Å². The maximum Gasteiger partial charge on any atom is -1.00 e. The van der Waals surface area contributed by atoms with Gasteiger partial charge in [0.2, 0.25) is 0 Å². The zero-order valence-corrected chi connectivity index (χ0v) is 12.7. The van der Waals surface area contributed by atoms with Crippen LogP contribution in [0.1, 0.15) is 26.7 Å². The van der Waals surface area contributed by atoms with E-state index in [-0.39, 0.29) is 24.8 Å². The van der Waals surface area contributed by atoms with Crippen molar-refractivity contribution < 1.29 is 42.2 Å². The number of hydrogen-bond acceptors (Lipinski definition) is 0. The Bertz CT molecular complexity index is 362. The molecule has 0 heterocycles. The molecule has 0 amide bonds. The van der Waals surface area contributed by atoms with Crippen molar-refractivity contribution in [3.8, 4) is 0 Å². The topological polar surface area (TPSA) is 0 Å². The van der Waals surface area contributed by atoms with Crippen molar-refractivity contribution >= 4 is 3.81 Å². The van der Waals surface area contributed by atoms with E-state index in [4.69, 9.17) is 0 Å². The fourth-order valence-electron chi connectivity index (χ4n) is 2.11. The van der Waals surface area contributed by atoms with Crippen LogP contribution in [0.4, 0.5) is 0 Å². The SMILES string of the molecule is C[C](C)=[Ti+2]([C]1=CC=CC1)[C]1=CC=CC1.[Cl-].[Cl-]. The Labute approximate surface area is 116 Å². The Hall–Kier alpha value is 0.124. The molecule has 0 nitrogen and oxygen atoms in total. The number of allylic oxidation sites excluding steroid dienone is 8. The van der Waals surface area contributed by atoms with Crippen LogP contribution in [0.2, 0.25) is 0 Å². The zero-order valence-electron chi connectivity index (χ0n) is 9.63. The van der Waals surface area contributed by atoms with E-state index >= 15 is 0 Å². The quantitative estimate of drug-likeness (QED) is 0.494. The van der Waals surface area contributed by atoms with Crippen molar-refractivity contribution in [3.63, 3.8) is 0 Å². The number of rotatable bonds is 2. The Morgan fingerprint density at radius 1 is 0.938 bits per heavy atom. The third-order valence-electron chi connectivity index (χ3n) is 2.68. The van der Waals surface area contributed by atoms with E-state index in [1.807, 2.05) is 0 Å². The summed E-state index contributed by atoms with van der Waals surface area (Å²) in [6.07, 6.45) is 16.1. The summed E-state index contributed by atoms with van der Waals surface area (Å²) in [5.41, 5.74) is 0. The van der Waals surface area contributed by atoms with E-state index in [0.717, 1.165) is 0 Å². The van der Waals surface area contributed by atoms with Crippen LogP contribution < -0.4 is 24.8 Å². The molecule has 0 saturated carbocycles. The number of hydrogen-bond donors (Lipinski definition) is 0. The average molecular weight is 291 g/mol. The van der Waals surface area contributed by atoms with E-state index in [2.05, 4.69) is 50.3 Å². The molecule has 0 aliphatic heterocycles. The van der Waals surface area contributed by atoms with Gasteiger partial charge in [0.15, 0.2) is 0 Å². The predicted octanol–water partition coefficient (Wildman–Crippen LogP) is -2.49. The van der Waals surface area contributed by atoms with Gasteiger partial charge in [-0.1, -0.05) is 0 Å². The standard InChI is InChI=1S/2C5H5.C3H6.2ClH.Ti/c2*1-2-4-5-3-1;1-3-2;;;/h2*1-3H,4H2;1-2H3;2*1H;/q;;;;;+2/p-2. The van der Waals surface area contributed by atoms with E-state index in [1.165, 1.54) is 12.8 Å². The molecular weight excluding hydrogens is 275 g/mol. The van der Waals surface area contributed by atoms with Gasteiger partial charge in [-0.25, -0.2) is 0 Å². The van der Waals surface area contributed by atoms with Crippen molar-refractivity contribution in [1.82, 2.24) is 0 Å². The smallest absolute Gasteiger partial charge is 1.00 e.